The number of nitrogens with zero attached hydrogens (tertiary/aromatic N) is 3. The van der Waals surface area contributed by atoms with Gasteiger partial charge in [-0.25, -0.2) is 4.68 Å². The van der Waals surface area contributed by atoms with Crippen molar-refractivity contribution in [2.45, 2.75) is 4.90 Å². The minimum absolute atomic E-state index is 0.0531. The molecule has 160 valence electrons. The number of benzene rings is 3. The van der Waals surface area contributed by atoms with E-state index in [0.29, 0.717) is 16.9 Å². The van der Waals surface area contributed by atoms with Crippen LogP contribution >= 0.6 is 11.8 Å². The first-order chi connectivity index (χ1) is 15.5. The molecule has 0 radical (unpaired) electrons. The zero-order valence-corrected chi connectivity index (χ0v) is 18.5. The third-order valence-corrected chi connectivity index (χ3v) is 5.76. The van der Waals surface area contributed by atoms with Crippen molar-refractivity contribution in [3.05, 3.63) is 96.7 Å². The Morgan fingerprint density at radius 3 is 2.12 bits per heavy atom. The number of nitrogens with one attached hydrogen (secondary N) is 1. The topological polar surface area (TPSA) is 67.2 Å². The first-order valence-electron chi connectivity index (χ1n) is 10.0. The van der Waals surface area contributed by atoms with Crippen LogP contribution in [0.2, 0.25) is 0 Å². The minimum atomic E-state index is -0.254. The van der Waals surface area contributed by atoms with E-state index in [1.807, 2.05) is 72.8 Å². The van der Waals surface area contributed by atoms with Gasteiger partial charge in [0.05, 0.1) is 11.3 Å². The van der Waals surface area contributed by atoms with Crippen LogP contribution in [0.15, 0.2) is 96.0 Å². The van der Waals surface area contributed by atoms with E-state index in [1.165, 1.54) is 4.90 Å². The van der Waals surface area contributed by atoms with Gasteiger partial charge in [-0.05, 0) is 48.2 Å². The van der Waals surface area contributed by atoms with Gasteiger partial charge in [-0.2, -0.15) is 5.10 Å². The molecule has 4 rings (SSSR count). The molecular weight excluding hydrogens is 420 g/mol. The lowest BCUT2D eigenvalue weighted by molar-refractivity contribution is 0.102. The molecule has 0 bridgehead atoms. The van der Waals surface area contributed by atoms with Crippen molar-refractivity contribution in [2.75, 3.05) is 19.4 Å². The summed E-state index contributed by atoms with van der Waals surface area (Å²) in [6.07, 6.45) is 1.74. The molecule has 4 aromatic rings. The van der Waals surface area contributed by atoms with Crippen LogP contribution in [0.1, 0.15) is 10.4 Å². The molecular formula is C25H22N4O2S. The van der Waals surface area contributed by atoms with Crippen molar-refractivity contribution in [3.63, 3.8) is 0 Å². The zero-order valence-electron chi connectivity index (χ0n) is 17.7. The molecule has 0 aliphatic carbocycles. The van der Waals surface area contributed by atoms with Crippen LogP contribution < -0.4 is 5.32 Å². The van der Waals surface area contributed by atoms with Crippen molar-refractivity contribution in [1.29, 1.82) is 0 Å². The van der Waals surface area contributed by atoms with Gasteiger partial charge in [0.15, 0.2) is 0 Å². The molecule has 3 aromatic carbocycles. The molecule has 1 N–H and O–H groups in total. The number of hydrogen-bond donors (Lipinski definition) is 1. The Morgan fingerprint density at radius 2 is 1.50 bits per heavy atom. The summed E-state index contributed by atoms with van der Waals surface area (Å²) in [7, 11) is 3.42. The summed E-state index contributed by atoms with van der Waals surface area (Å²) >= 11 is 1.14. The van der Waals surface area contributed by atoms with E-state index < -0.39 is 0 Å². The van der Waals surface area contributed by atoms with Gasteiger partial charge in [0.1, 0.15) is 5.69 Å². The van der Waals surface area contributed by atoms with Crippen LogP contribution in [0, 0.1) is 0 Å². The molecule has 0 fully saturated rings. The van der Waals surface area contributed by atoms with Crippen molar-refractivity contribution in [3.8, 4) is 16.9 Å². The van der Waals surface area contributed by atoms with E-state index in [0.717, 1.165) is 27.9 Å². The second-order valence-electron chi connectivity index (χ2n) is 7.28. The molecule has 0 unspecified atom stereocenters. The van der Waals surface area contributed by atoms with Gasteiger partial charge >= 0.3 is 0 Å². The molecule has 1 heterocycles. The van der Waals surface area contributed by atoms with Gasteiger partial charge in [0, 0.05) is 36.4 Å². The highest BCUT2D eigenvalue weighted by molar-refractivity contribution is 8.13. The number of para-hydroxylation sites is 1. The summed E-state index contributed by atoms with van der Waals surface area (Å²) < 4.78 is 1.71. The highest BCUT2D eigenvalue weighted by atomic mass is 32.2. The van der Waals surface area contributed by atoms with Crippen LogP contribution in [0.5, 0.6) is 0 Å². The molecule has 0 aliphatic rings. The maximum absolute atomic E-state index is 13.2. The minimum Gasteiger partial charge on any atom is -0.339 e. The van der Waals surface area contributed by atoms with Gasteiger partial charge in [-0.15, -0.1) is 0 Å². The summed E-state index contributed by atoms with van der Waals surface area (Å²) in [5.41, 5.74) is 3.46. The van der Waals surface area contributed by atoms with Crippen LogP contribution in [0.4, 0.5) is 10.5 Å². The quantitative estimate of drug-likeness (QED) is 0.411. The number of amides is 2. The lowest BCUT2D eigenvalue weighted by Gasteiger charge is -2.10. The van der Waals surface area contributed by atoms with Crippen molar-refractivity contribution in [1.82, 2.24) is 14.7 Å². The average molecular weight is 443 g/mol. The fraction of sp³-hybridized carbons (Fsp3) is 0.0800. The van der Waals surface area contributed by atoms with Crippen LogP contribution in [0.25, 0.3) is 16.9 Å². The molecule has 32 heavy (non-hydrogen) atoms. The molecule has 0 atom stereocenters. The average Bonchev–Trinajstić information content (AvgIpc) is 3.27. The summed E-state index contributed by atoms with van der Waals surface area (Å²) in [6.45, 7) is 0. The fourth-order valence-corrected chi connectivity index (χ4v) is 3.72. The van der Waals surface area contributed by atoms with Gasteiger partial charge < -0.3 is 10.2 Å². The molecule has 6 nitrogen and oxygen atoms in total. The maximum Gasteiger partial charge on any atom is 0.285 e. The number of carbonyl (C=O) groups is 2. The summed E-state index contributed by atoms with van der Waals surface area (Å²) in [5.74, 6) is -0.254. The Hall–Kier alpha value is -3.84. The number of carbonyl (C=O) groups excluding carboxylic acids is 2. The molecule has 7 heteroatoms. The Morgan fingerprint density at radius 1 is 0.875 bits per heavy atom. The zero-order chi connectivity index (χ0) is 22.5. The van der Waals surface area contributed by atoms with Crippen LogP contribution in [-0.4, -0.2) is 39.9 Å². The van der Waals surface area contributed by atoms with E-state index in [4.69, 9.17) is 0 Å². The number of anilines is 1. The first kappa shape index (κ1) is 21.4. The number of hydrogen-bond acceptors (Lipinski definition) is 4. The first-order valence-corrected chi connectivity index (χ1v) is 10.8. The third kappa shape index (κ3) is 4.90. The molecule has 0 saturated carbocycles. The number of aromatic nitrogens is 2. The van der Waals surface area contributed by atoms with Crippen molar-refractivity contribution >= 4 is 28.6 Å². The van der Waals surface area contributed by atoms with E-state index in [2.05, 4.69) is 10.4 Å². The Kier molecular flexibility index (Phi) is 6.37. The van der Waals surface area contributed by atoms with E-state index in [1.54, 1.807) is 37.1 Å². The fourth-order valence-electron chi connectivity index (χ4n) is 3.06. The standard InChI is InChI=1S/C25H22N4O2S/c1-28(2)25(31)32-21-15-13-19(14-16-21)26-24(30)22-17-29(20-11-7-4-8-12-20)27-23(22)18-9-5-3-6-10-18/h3-17H,1-2H3,(H,26,30). The predicted molar refractivity (Wildman–Crippen MR) is 128 cm³/mol. The molecule has 1 aromatic heterocycles. The van der Waals surface area contributed by atoms with Crippen LogP contribution in [0.3, 0.4) is 0 Å². The highest BCUT2D eigenvalue weighted by Gasteiger charge is 2.19. The van der Waals surface area contributed by atoms with Gasteiger partial charge in [0.25, 0.3) is 11.1 Å². The number of thioether (sulfide) groups is 1. The second kappa shape index (κ2) is 9.53. The summed E-state index contributed by atoms with van der Waals surface area (Å²) in [6, 6.07) is 26.5. The lowest BCUT2D eigenvalue weighted by Crippen LogP contribution is -2.16. The number of rotatable bonds is 5. The third-order valence-electron chi connectivity index (χ3n) is 4.71. The second-order valence-corrected chi connectivity index (χ2v) is 8.30. The SMILES string of the molecule is CN(C)C(=O)Sc1ccc(NC(=O)c2cn(-c3ccccc3)nc2-c2ccccc2)cc1. The summed E-state index contributed by atoms with van der Waals surface area (Å²) in [5, 5.41) is 7.57. The molecule has 0 spiro atoms. The monoisotopic (exact) mass is 442 g/mol. The molecule has 0 aliphatic heterocycles. The van der Waals surface area contributed by atoms with E-state index in [-0.39, 0.29) is 11.1 Å². The van der Waals surface area contributed by atoms with E-state index in [9.17, 15) is 9.59 Å². The van der Waals surface area contributed by atoms with Crippen molar-refractivity contribution in [2.24, 2.45) is 0 Å². The largest absolute Gasteiger partial charge is 0.339 e. The predicted octanol–water partition coefficient (Wildman–Crippen LogP) is 5.57. The van der Waals surface area contributed by atoms with Crippen molar-refractivity contribution < 1.29 is 9.59 Å². The van der Waals surface area contributed by atoms with Gasteiger partial charge in [-0.1, -0.05) is 48.5 Å². The Bertz CT molecular complexity index is 1220. The molecule has 0 saturated heterocycles. The van der Waals surface area contributed by atoms with Gasteiger partial charge in [-0.3, -0.25) is 9.59 Å². The molecule has 2 amide bonds. The lowest BCUT2D eigenvalue weighted by atomic mass is 10.1. The Balaban J connectivity index is 1.60. The normalized spacial score (nSPS) is 10.6. The highest BCUT2D eigenvalue weighted by Crippen LogP contribution is 2.26. The van der Waals surface area contributed by atoms with Gasteiger partial charge in [0.2, 0.25) is 0 Å². The maximum atomic E-state index is 13.2. The van der Waals surface area contributed by atoms with E-state index >= 15 is 0 Å². The Labute approximate surface area is 190 Å². The summed E-state index contributed by atoms with van der Waals surface area (Å²) in [4.78, 5) is 27.4. The smallest absolute Gasteiger partial charge is 0.285 e. The van der Waals surface area contributed by atoms with Crippen LogP contribution in [-0.2, 0) is 0 Å².